The van der Waals surface area contributed by atoms with Crippen LogP contribution in [0.5, 0.6) is 0 Å². The van der Waals surface area contributed by atoms with Gasteiger partial charge in [-0.2, -0.15) is 0 Å². The van der Waals surface area contributed by atoms with E-state index >= 15 is 0 Å². The van der Waals surface area contributed by atoms with E-state index in [0.717, 1.165) is 51.4 Å². The van der Waals surface area contributed by atoms with E-state index in [-0.39, 0.29) is 25.8 Å². The molecule has 0 fully saturated rings. The largest absolute Gasteiger partial charge is 0.472 e. The minimum Gasteiger partial charge on any atom is -0.457 e. The van der Waals surface area contributed by atoms with E-state index < -0.39 is 13.9 Å². The van der Waals surface area contributed by atoms with Crippen LogP contribution in [-0.2, 0) is 27.9 Å². The predicted molar refractivity (Wildman–Crippen MR) is 215 cm³/mol. The molecule has 0 saturated heterocycles. The van der Waals surface area contributed by atoms with E-state index in [1.807, 2.05) is 21.1 Å². The molecule has 1 N–H and O–H groups in total. The van der Waals surface area contributed by atoms with Crippen LogP contribution in [-0.4, -0.2) is 75.6 Å². The highest BCUT2D eigenvalue weighted by atomic mass is 31.2. The fourth-order valence-corrected chi connectivity index (χ4v) is 6.18. The van der Waals surface area contributed by atoms with Crippen molar-refractivity contribution in [3.63, 3.8) is 0 Å². The van der Waals surface area contributed by atoms with Gasteiger partial charge >= 0.3 is 13.8 Å². The van der Waals surface area contributed by atoms with E-state index in [2.05, 4.69) is 50.3 Å². The zero-order valence-corrected chi connectivity index (χ0v) is 34.7. The molecular formula is C42H81NO7P+. The molecule has 0 heterocycles. The summed E-state index contributed by atoms with van der Waals surface area (Å²) >= 11 is 0. The van der Waals surface area contributed by atoms with Crippen LogP contribution >= 0.6 is 7.82 Å². The normalized spacial score (nSPS) is 14.2. The van der Waals surface area contributed by atoms with Crippen LogP contribution in [0.2, 0.25) is 0 Å². The topological polar surface area (TPSA) is 91.3 Å². The Kier molecular flexibility index (Phi) is 34.8. The first-order valence-electron chi connectivity index (χ1n) is 20.7. The molecule has 8 nitrogen and oxygen atoms in total. The van der Waals surface area contributed by atoms with Crippen molar-refractivity contribution in [1.82, 2.24) is 0 Å². The van der Waals surface area contributed by atoms with Crippen molar-refractivity contribution in [3.8, 4) is 0 Å². The average Bonchev–Trinajstić information content (AvgIpc) is 3.08. The van der Waals surface area contributed by atoms with E-state index in [4.69, 9.17) is 18.5 Å². The first-order valence-corrected chi connectivity index (χ1v) is 22.2. The standard InChI is InChI=1S/C42H80NO7P/c1-6-8-10-12-14-16-17-18-19-20-21-22-23-24-25-26-28-30-32-34-37-47-39-41(40-49-51(45,46)48-38-36-43(3,4)5)50-42(44)35-33-31-29-27-15-13-11-9-7-2/h14,16,18-19,21-22,41H,6-13,15,17,20,23-40H2,1-5H3/p+1/b16-14-,19-18-,22-21-. The lowest BCUT2D eigenvalue weighted by molar-refractivity contribution is -0.870. The van der Waals surface area contributed by atoms with E-state index in [1.165, 1.54) is 96.3 Å². The Bertz CT molecular complexity index is 915. The third-order valence-electron chi connectivity index (χ3n) is 8.70. The fourth-order valence-electron chi connectivity index (χ4n) is 5.44. The van der Waals surface area contributed by atoms with Crippen LogP contribution in [0.25, 0.3) is 0 Å². The zero-order chi connectivity index (χ0) is 37.7. The van der Waals surface area contributed by atoms with Gasteiger partial charge in [0.05, 0.1) is 34.4 Å². The highest BCUT2D eigenvalue weighted by molar-refractivity contribution is 7.47. The molecule has 0 aromatic rings. The lowest BCUT2D eigenvalue weighted by Gasteiger charge is -2.24. The first kappa shape index (κ1) is 49.7. The zero-order valence-electron chi connectivity index (χ0n) is 33.8. The van der Waals surface area contributed by atoms with Crippen molar-refractivity contribution < 1.29 is 37.3 Å². The number of hydrogen-bond donors (Lipinski definition) is 1. The number of ether oxygens (including phenoxy) is 2. The van der Waals surface area contributed by atoms with Gasteiger partial charge in [0.1, 0.15) is 19.3 Å². The summed E-state index contributed by atoms with van der Waals surface area (Å²) in [4.78, 5) is 22.7. The van der Waals surface area contributed by atoms with Gasteiger partial charge in [0.2, 0.25) is 0 Å². The van der Waals surface area contributed by atoms with Gasteiger partial charge in [-0.05, 0) is 51.4 Å². The summed E-state index contributed by atoms with van der Waals surface area (Å²) in [6, 6.07) is 0. The van der Waals surface area contributed by atoms with Gasteiger partial charge in [-0.1, -0.05) is 147 Å². The number of unbranched alkanes of at least 4 members (excludes halogenated alkanes) is 18. The predicted octanol–water partition coefficient (Wildman–Crippen LogP) is 11.8. The number of carbonyl (C=O) groups excluding carboxylic acids is 1. The first-order chi connectivity index (χ1) is 24.6. The molecule has 0 aliphatic carbocycles. The third-order valence-corrected chi connectivity index (χ3v) is 9.69. The Hall–Kier alpha value is -1.28. The minimum absolute atomic E-state index is 0.0868. The molecule has 300 valence electrons. The summed E-state index contributed by atoms with van der Waals surface area (Å²) in [7, 11) is 1.66. The van der Waals surface area contributed by atoms with Crippen LogP contribution in [0.4, 0.5) is 0 Å². The van der Waals surface area contributed by atoms with Crippen LogP contribution in [0.1, 0.15) is 168 Å². The summed E-state index contributed by atoms with van der Waals surface area (Å²) < 4.78 is 34.9. The van der Waals surface area contributed by atoms with Gasteiger partial charge in [0.25, 0.3) is 0 Å². The molecule has 0 aromatic carbocycles. The van der Waals surface area contributed by atoms with Crippen LogP contribution < -0.4 is 0 Å². The van der Waals surface area contributed by atoms with Gasteiger partial charge in [-0.25, -0.2) is 4.57 Å². The Balaban J connectivity index is 4.19. The second-order valence-corrected chi connectivity index (χ2v) is 16.5. The maximum atomic E-state index is 12.6. The van der Waals surface area contributed by atoms with Crippen LogP contribution in [0, 0.1) is 0 Å². The van der Waals surface area contributed by atoms with Gasteiger partial charge in [-0.15, -0.1) is 0 Å². The van der Waals surface area contributed by atoms with Gasteiger partial charge in [-0.3, -0.25) is 13.8 Å². The van der Waals surface area contributed by atoms with Crippen molar-refractivity contribution in [2.45, 2.75) is 174 Å². The van der Waals surface area contributed by atoms with Crippen molar-refractivity contribution in [2.24, 2.45) is 0 Å². The summed E-state index contributed by atoms with van der Waals surface area (Å²) in [5.74, 6) is -0.322. The fraction of sp³-hybridized carbons (Fsp3) is 0.833. The Labute approximate surface area is 315 Å². The number of nitrogens with zero attached hydrogens (tertiary/aromatic N) is 1. The Morgan fingerprint density at radius 3 is 1.65 bits per heavy atom. The molecule has 0 saturated carbocycles. The van der Waals surface area contributed by atoms with Crippen molar-refractivity contribution in [3.05, 3.63) is 36.5 Å². The number of allylic oxidation sites excluding steroid dienone is 6. The second kappa shape index (κ2) is 35.7. The summed E-state index contributed by atoms with van der Waals surface area (Å²) in [5, 5.41) is 0. The van der Waals surface area contributed by atoms with E-state index in [0.29, 0.717) is 24.1 Å². The highest BCUT2D eigenvalue weighted by Crippen LogP contribution is 2.43. The molecule has 0 aliphatic rings. The molecule has 0 radical (unpaired) electrons. The molecule has 0 aliphatic heterocycles. The molecule has 2 unspecified atom stereocenters. The summed E-state index contributed by atoms with van der Waals surface area (Å²) in [6.45, 7) is 5.55. The van der Waals surface area contributed by atoms with Crippen molar-refractivity contribution in [2.75, 3.05) is 54.1 Å². The monoisotopic (exact) mass is 743 g/mol. The quantitative estimate of drug-likeness (QED) is 0.0221. The molecule has 51 heavy (non-hydrogen) atoms. The summed E-state index contributed by atoms with van der Waals surface area (Å²) in [5.41, 5.74) is 0. The number of hydrogen-bond acceptors (Lipinski definition) is 6. The number of carbonyl (C=O) groups is 1. The number of phosphoric acid groups is 1. The lowest BCUT2D eigenvalue weighted by atomic mass is 10.1. The maximum Gasteiger partial charge on any atom is 0.472 e. The van der Waals surface area contributed by atoms with Crippen LogP contribution in [0.3, 0.4) is 0 Å². The summed E-state index contributed by atoms with van der Waals surface area (Å²) in [6.07, 6.45) is 40.3. The van der Waals surface area contributed by atoms with Gasteiger partial charge in [0.15, 0.2) is 0 Å². The van der Waals surface area contributed by atoms with Gasteiger partial charge in [0, 0.05) is 13.0 Å². The van der Waals surface area contributed by atoms with Crippen LogP contribution in [0.15, 0.2) is 36.5 Å². The Morgan fingerprint density at radius 1 is 0.608 bits per heavy atom. The lowest BCUT2D eigenvalue weighted by Crippen LogP contribution is -2.37. The number of quaternary nitrogens is 1. The average molecular weight is 743 g/mol. The molecule has 0 amide bonds. The molecular weight excluding hydrogens is 661 g/mol. The Morgan fingerprint density at radius 2 is 1.08 bits per heavy atom. The maximum absolute atomic E-state index is 12.6. The number of esters is 1. The number of likely N-dealkylation sites (N-methyl/N-ethyl adjacent to an activating group) is 1. The molecule has 0 aromatic heterocycles. The van der Waals surface area contributed by atoms with E-state index in [1.54, 1.807) is 0 Å². The molecule has 9 heteroatoms. The third kappa shape index (κ3) is 39.8. The second-order valence-electron chi connectivity index (χ2n) is 15.0. The molecule has 0 bridgehead atoms. The molecule has 0 spiro atoms. The van der Waals surface area contributed by atoms with Gasteiger partial charge < -0.3 is 18.9 Å². The number of phosphoric ester groups is 1. The smallest absolute Gasteiger partial charge is 0.457 e. The van der Waals surface area contributed by atoms with Crippen molar-refractivity contribution in [1.29, 1.82) is 0 Å². The van der Waals surface area contributed by atoms with Crippen molar-refractivity contribution >= 4 is 13.8 Å². The molecule has 2 atom stereocenters. The highest BCUT2D eigenvalue weighted by Gasteiger charge is 2.26. The minimum atomic E-state index is -4.27. The molecule has 0 rings (SSSR count). The SMILES string of the molecule is CCCCC/C=C\C/C=C\C/C=C\CCCCCCCCCOCC(COP(=O)(O)OCC[N+](C)(C)C)OC(=O)CCCCCCCCCCC. The number of rotatable bonds is 38. The van der Waals surface area contributed by atoms with E-state index in [9.17, 15) is 14.3 Å².